The first-order chi connectivity index (χ1) is 9.71. The van der Waals surface area contributed by atoms with Gasteiger partial charge in [-0.05, 0) is 31.0 Å². The highest BCUT2D eigenvalue weighted by molar-refractivity contribution is 6.36. The molecule has 0 heterocycles. The maximum absolute atomic E-state index is 11.7. The van der Waals surface area contributed by atoms with Crippen LogP contribution in [0.1, 0.15) is 32.3 Å². The zero-order chi connectivity index (χ0) is 14.8. The SMILES string of the molecule is CCOC(=O)C(CCC#N)=NNc1cccc(CC)c1. The molecule has 1 aromatic carbocycles. The van der Waals surface area contributed by atoms with Crippen LogP contribution in [0.2, 0.25) is 0 Å². The van der Waals surface area contributed by atoms with Crippen molar-refractivity contribution in [1.82, 2.24) is 0 Å². The summed E-state index contributed by atoms with van der Waals surface area (Å²) in [6.07, 6.45) is 1.43. The zero-order valence-electron chi connectivity index (χ0n) is 11.8. The van der Waals surface area contributed by atoms with Crippen LogP contribution in [-0.4, -0.2) is 18.3 Å². The van der Waals surface area contributed by atoms with Gasteiger partial charge < -0.3 is 4.74 Å². The summed E-state index contributed by atoms with van der Waals surface area (Å²) in [5.41, 5.74) is 5.07. The van der Waals surface area contributed by atoms with Gasteiger partial charge in [-0.15, -0.1) is 0 Å². The van der Waals surface area contributed by atoms with E-state index in [-0.39, 0.29) is 25.2 Å². The van der Waals surface area contributed by atoms with E-state index in [9.17, 15) is 4.79 Å². The molecule has 0 aliphatic heterocycles. The summed E-state index contributed by atoms with van der Waals surface area (Å²) in [6, 6.07) is 9.79. The quantitative estimate of drug-likeness (QED) is 0.471. The molecule has 0 radical (unpaired) electrons. The number of hydrazone groups is 1. The number of hydrogen-bond acceptors (Lipinski definition) is 5. The Morgan fingerprint density at radius 3 is 2.90 bits per heavy atom. The van der Waals surface area contributed by atoms with E-state index in [0.717, 1.165) is 12.1 Å². The molecular formula is C15H19N3O2. The van der Waals surface area contributed by atoms with Crippen molar-refractivity contribution >= 4 is 17.4 Å². The molecule has 1 rings (SSSR count). The van der Waals surface area contributed by atoms with E-state index >= 15 is 0 Å². The van der Waals surface area contributed by atoms with Crippen LogP contribution in [0, 0.1) is 11.3 Å². The third-order valence-electron chi connectivity index (χ3n) is 2.64. The number of carbonyl (C=O) groups excluding carboxylic acids is 1. The second-order valence-electron chi connectivity index (χ2n) is 4.10. The van der Waals surface area contributed by atoms with Crippen molar-refractivity contribution in [3.05, 3.63) is 29.8 Å². The lowest BCUT2D eigenvalue weighted by atomic mass is 10.1. The van der Waals surface area contributed by atoms with Crippen LogP contribution in [0.15, 0.2) is 29.4 Å². The molecular weight excluding hydrogens is 254 g/mol. The van der Waals surface area contributed by atoms with Crippen molar-refractivity contribution < 1.29 is 9.53 Å². The normalized spacial score (nSPS) is 10.8. The van der Waals surface area contributed by atoms with Crippen molar-refractivity contribution in [1.29, 1.82) is 5.26 Å². The fourth-order valence-electron chi connectivity index (χ4n) is 1.59. The molecule has 1 aromatic rings. The minimum absolute atomic E-state index is 0.230. The van der Waals surface area contributed by atoms with Crippen molar-refractivity contribution in [3.63, 3.8) is 0 Å². The predicted octanol–water partition coefficient (Wildman–Crippen LogP) is 2.88. The molecule has 0 aromatic heterocycles. The summed E-state index contributed by atoms with van der Waals surface area (Å²) in [5.74, 6) is -0.484. The topological polar surface area (TPSA) is 74.5 Å². The summed E-state index contributed by atoms with van der Waals surface area (Å²) in [6.45, 7) is 4.09. The van der Waals surface area contributed by atoms with Crippen LogP contribution in [0.3, 0.4) is 0 Å². The van der Waals surface area contributed by atoms with Gasteiger partial charge in [0.15, 0.2) is 0 Å². The van der Waals surface area contributed by atoms with E-state index in [0.29, 0.717) is 0 Å². The number of hydrogen-bond donors (Lipinski definition) is 1. The number of anilines is 1. The van der Waals surface area contributed by atoms with Gasteiger partial charge in [0, 0.05) is 12.8 Å². The van der Waals surface area contributed by atoms with E-state index < -0.39 is 5.97 Å². The van der Waals surface area contributed by atoms with Gasteiger partial charge >= 0.3 is 5.97 Å². The molecule has 0 aliphatic rings. The molecule has 0 atom stereocenters. The Morgan fingerprint density at radius 1 is 1.45 bits per heavy atom. The monoisotopic (exact) mass is 273 g/mol. The molecule has 0 saturated heterocycles. The van der Waals surface area contributed by atoms with Gasteiger partial charge in [0.25, 0.3) is 0 Å². The first-order valence-corrected chi connectivity index (χ1v) is 6.66. The summed E-state index contributed by atoms with van der Waals surface area (Å²) < 4.78 is 4.92. The maximum atomic E-state index is 11.7. The van der Waals surface area contributed by atoms with Gasteiger partial charge in [-0.3, -0.25) is 5.43 Å². The van der Waals surface area contributed by atoms with Crippen molar-refractivity contribution in [2.75, 3.05) is 12.0 Å². The third kappa shape index (κ3) is 5.11. The Morgan fingerprint density at radius 2 is 2.25 bits per heavy atom. The molecule has 5 heteroatoms. The predicted molar refractivity (Wildman–Crippen MR) is 78.4 cm³/mol. The molecule has 0 aliphatic carbocycles. The summed E-state index contributed by atoms with van der Waals surface area (Å²) in [4.78, 5) is 11.7. The fourth-order valence-corrected chi connectivity index (χ4v) is 1.59. The smallest absolute Gasteiger partial charge is 0.354 e. The maximum Gasteiger partial charge on any atom is 0.354 e. The largest absolute Gasteiger partial charge is 0.461 e. The van der Waals surface area contributed by atoms with Crippen LogP contribution < -0.4 is 5.43 Å². The standard InChI is InChI=1S/C15H19N3O2/c1-3-12-7-5-8-13(11-12)17-18-14(9-6-10-16)15(19)20-4-2/h5,7-8,11,17H,3-4,6,9H2,1-2H3. The molecule has 0 spiro atoms. The Hall–Kier alpha value is -2.35. The van der Waals surface area contributed by atoms with Gasteiger partial charge in [0.05, 0.1) is 18.4 Å². The first kappa shape index (κ1) is 15.7. The number of nitriles is 1. The Kier molecular flexibility index (Phi) is 6.83. The van der Waals surface area contributed by atoms with Crippen LogP contribution >= 0.6 is 0 Å². The Bertz CT molecular complexity index is 518. The zero-order valence-corrected chi connectivity index (χ0v) is 11.8. The van der Waals surface area contributed by atoms with Crippen molar-refractivity contribution in [2.45, 2.75) is 33.1 Å². The van der Waals surface area contributed by atoms with Gasteiger partial charge in [0.2, 0.25) is 0 Å². The van der Waals surface area contributed by atoms with Gasteiger partial charge in [-0.1, -0.05) is 19.1 Å². The average molecular weight is 273 g/mol. The summed E-state index contributed by atoms with van der Waals surface area (Å²) in [7, 11) is 0. The van der Waals surface area contributed by atoms with E-state index in [1.807, 2.05) is 30.3 Å². The van der Waals surface area contributed by atoms with E-state index in [1.165, 1.54) is 5.56 Å². The number of rotatable bonds is 7. The summed E-state index contributed by atoms with van der Waals surface area (Å²) in [5, 5.41) is 12.7. The molecule has 0 bridgehead atoms. The van der Waals surface area contributed by atoms with Gasteiger partial charge in [-0.25, -0.2) is 4.79 Å². The van der Waals surface area contributed by atoms with Gasteiger partial charge in [0.1, 0.15) is 5.71 Å². The number of ether oxygens (including phenoxy) is 1. The fraction of sp³-hybridized carbons (Fsp3) is 0.400. The number of esters is 1. The molecule has 0 unspecified atom stereocenters. The number of nitrogens with zero attached hydrogens (tertiary/aromatic N) is 2. The van der Waals surface area contributed by atoms with Crippen molar-refractivity contribution in [2.24, 2.45) is 5.10 Å². The van der Waals surface area contributed by atoms with E-state index in [2.05, 4.69) is 17.5 Å². The average Bonchev–Trinajstić information content (AvgIpc) is 2.47. The lowest BCUT2D eigenvalue weighted by Crippen LogP contribution is -2.19. The number of carbonyl (C=O) groups is 1. The first-order valence-electron chi connectivity index (χ1n) is 6.66. The highest BCUT2D eigenvalue weighted by atomic mass is 16.5. The molecule has 1 N–H and O–H groups in total. The second-order valence-corrected chi connectivity index (χ2v) is 4.10. The van der Waals surface area contributed by atoms with Crippen LogP contribution in [0.5, 0.6) is 0 Å². The second kappa shape index (κ2) is 8.70. The molecule has 20 heavy (non-hydrogen) atoms. The molecule has 0 saturated carbocycles. The highest BCUT2D eigenvalue weighted by Gasteiger charge is 2.12. The number of nitrogens with one attached hydrogen (secondary N) is 1. The lowest BCUT2D eigenvalue weighted by molar-refractivity contribution is -0.135. The highest BCUT2D eigenvalue weighted by Crippen LogP contribution is 2.11. The lowest BCUT2D eigenvalue weighted by Gasteiger charge is -2.06. The van der Waals surface area contributed by atoms with E-state index in [1.54, 1.807) is 6.92 Å². The third-order valence-corrected chi connectivity index (χ3v) is 2.64. The summed E-state index contributed by atoms with van der Waals surface area (Å²) >= 11 is 0. The van der Waals surface area contributed by atoms with E-state index in [4.69, 9.17) is 10.00 Å². The molecule has 5 nitrogen and oxygen atoms in total. The Labute approximate surface area is 119 Å². The number of aryl methyl sites for hydroxylation is 1. The minimum atomic E-state index is -0.484. The Balaban J connectivity index is 2.79. The van der Waals surface area contributed by atoms with Crippen LogP contribution in [-0.2, 0) is 16.0 Å². The molecule has 0 fully saturated rings. The van der Waals surface area contributed by atoms with Crippen LogP contribution in [0.4, 0.5) is 5.69 Å². The van der Waals surface area contributed by atoms with Crippen LogP contribution in [0.25, 0.3) is 0 Å². The number of benzene rings is 1. The molecule has 0 amide bonds. The minimum Gasteiger partial charge on any atom is -0.461 e. The van der Waals surface area contributed by atoms with Gasteiger partial charge in [-0.2, -0.15) is 10.4 Å². The van der Waals surface area contributed by atoms with Crippen molar-refractivity contribution in [3.8, 4) is 6.07 Å². The molecule has 106 valence electrons.